The lowest BCUT2D eigenvalue weighted by atomic mass is 10.3. The van der Waals surface area contributed by atoms with E-state index in [9.17, 15) is 13.2 Å². The van der Waals surface area contributed by atoms with Crippen LogP contribution in [0.25, 0.3) is 0 Å². The Morgan fingerprint density at radius 3 is 2.29 bits per heavy atom. The third-order valence-electron chi connectivity index (χ3n) is 3.00. The van der Waals surface area contributed by atoms with Gasteiger partial charge < -0.3 is 10.1 Å². The molecule has 2 aromatic rings. The molecule has 0 radical (unpaired) electrons. The standard InChI is InChI=1S/C16H17ClN2O4S/c1-2-23-14-7-5-13(6-8-14)19-16(20)11-18-24(21,22)15-9-3-12(17)4-10-15/h3-10,18H,2,11H2,1H3,(H,19,20). The molecule has 1 amide bonds. The van der Waals surface area contributed by atoms with Gasteiger partial charge in [-0.05, 0) is 55.5 Å². The van der Waals surface area contributed by atoms with Crippen molar-refractivity contribution in [2.75, 3.05) is 18.5 Å². The van der Waals surface area contributed by atoms with Crippen molar-refractivity contribution in [2.45, 2.75) is 11.8 Å². The van der Waals surface area contributed by atoms with Crippen molar-refractivity contribution in [1.82, 2.24) is 4.72 Å². The van der Waals surface area contributed by atoms with Gasteiger partial charge in [0.15, 0.2) is 0 Å². The molecular formula is C16H17ClN2O4S. The predicted octanol–water partition coefficient (Wildman–Crippen LogP) is 2.66. The molecule has 6 nitrogen and oxygen atoms in total. The molecule has 0 unspecified atom stereocenters. The zero-order valence-electron chi connectivity index (χ0n) is 13.0. The van der Waals surface area contributed by atoms with Gasteiger partial charge in [-0.15, -0.1) is 0 Å². The molecular weight excluding hydrogens is 352 g/mol. The van der Waals surface area contributed by atoms with Gasteiger partial charge in [-0.2, -0.15) is 0 Å². The molecule has 0 aliphatic carbocycles. The number of rotatable bonds is 7. The number of ether oxygens (including phenoxy) is 1. The number of carbonyl (C=O) groups excluding carboxylic acids is 1. The van der Waals surface area contributed by atoms with Crippen molar-refractivity contribution in [2.24, 2.45) is 0 Å². The Bertz CT molecular complexity index is 790. The second-order valence-corrected chi connectivity index (χ2v) is 6.99. The number of carbonyl (C=O) groups is 1. The summed E-state index contributed by atoms with van der Waals surface area (Å²) in [5.41, 5.74) is 0.550. The van der Waals surface area contributed by atoms with E-state index >= 15 is 0 Å². The topological polar surface area (TPSA) is 84.5 Å². The van der Waals surface area contributed by atoms with E-state index < -0.39 is 15.9 Å². The molecule has 0 fully saturated rings. The van der Waals surface area contributed by atoms with Gasteiger partial charge in [-0.1, -0.05) is 11.6 Å². The van der Waals surface area contributed by atoms with Crippen LogP contribution in [0, 0.1) is 0 Å². The number of anilines is 1. The van der Waals surface area contributed by atoms with Crippen LogP contribution in [0.5, 0.6) is 5.75 Å². The summed E-state index contributed by atoms with van der Waals surface area (Å²) in [6.07, 6.45) is 0. The van der Waals surface area contributed by atoms with Crippen LogP contribution in [0.4, 0.5) is 5.69 Å². The second kappa shape index (κ2) is 8.14. The molecule has 2 aromatic carbocycles. The maximum Gasteiger partial charge on any atom is 0.241 e. The van der Waals surface area contributed by atoms with Crippen molar-refractivity contribution in [3.8, 4) is 5.75 Å². The molecule has 0 heterocycles. The van der Waals surface area contributed by atoms with Crippen LogP contribution in [0.3, 0.4) is 0 Å². The Hall–Kier alpha value is -2.09. The minimum absolute atomic E-state index is 0.0424. The first kappa shape index (κ1) is 18.3. The van der Waals surface area contributed by atoms with E-state index in [4.69, 9.17) is 16.3 Å². The average Bonchev–Trinajstić information content (AvgIpc) is 2.56. The first-order chi connectivity index (χ1) is 11.4. The number of hydrogen-bond acceptors (Lipinski definition) is 4. The first-order valence-corrected chi connectivity index (χ1v) is 9.05. The van der Waals surface area contributed by atoms with E-state index in [0.717, 1.165) is 0 Å². The minimum atomic E-state index is -3.77. The van der Waals surface area contributed by atoms with E-state index in [2.05, 4.69) is 10.0 Å². The molecule has 24 heavy (non-hydrogen) atoms. The normalized spacial score (nSPS) is 11.1. The van der Waals surface area contributed by atoms with Gasteiger partial charge in [0.1, 0.15) is 5.75 Å². The minimum Gasteiger partial charge on any atom is -0.494 e. The van der Waals surface area contributed by atoms with Crippen molar-refractivity contribution in [3.63, 3.8) is 0 Å². The maximum atomic E-state index is 12.1. The van der Waals surface area contributed by atoms with Crippen LogP contribution < -0.4 is 14.8 Å². The monoisotopic (exact) mass is 368 g/mol. The van der Waals surface area contributed by atoms with Crippen molar-refractivity contribution in [3.05, 3.63) is 53.6 Å². The predicted molar refractivity (Wildman–Crippen MR) is 92.9 cm³/mol. The van der Waals surface area contributed by atoms with Crippen LogP contribution in [-0.4, -0.2) is 27.5 Å². The van der Waals surface area contributed by atoms with Gasteiger partial charge in [-0.25, -0.2) is 13.1 Å². The number of nitrogens with one attached hydrogen (secondary N) is 2. The average molecular weight is 369 g/mol. The van der Waals surface area contributed by atoms with Gasteiger partial charge in [0.25, 0.3) is 0 Å². The number of sulfonamides is 1. The Morgan fingerprint density at radius 2 is 1.71 bits per heavy atom. The first-order valence-electron chi connectivity index (χ1n) is 7.18. The molecule has 0 saturated carbocycles. The number of benzene rings is 2. The zero-order chi connectivity index (χ0) is 17.6. The van der Waals surface area contributed by atoms with E-state index in [1.54, 1.807) is 24.3 Å². The third kappa shape index (κ3) is 5.23. The molecule has 2 N–H and O–H groups in total. The molecule has 0 bridgehead atoms. The van der Waals surface area contributed by atoms with Crippen LogP contribution >= 0.6 is 11.6 Å². The SMILES string of the molecule is CCOc1ccc(NC(=O)CNS(=O)(=O)c2ccc(Cl)cc2)cc1. The van der Waals surface area contributed by atoms with Crippen LogP contribution in [0.15, 0.2) is 53.4 Å². The number of halogens is 1. The Kier molecular flexibility index (Phi) is 6.19. The highest BCUT2D eigenvalue weighted by molar-refractivity contribution is 7.89. The molecule has 2 rings (SSSR count). The second-order valence-electron chi connectivity index (χ2n) is 4.78. The molecule has 0 aromatic heterocycles. The molecule has 0 aliphatic heterocycles. The summed E-state index contributed by atoms with van der Waals surface area (Å²) in [5, 5.41) is 3.03. The number of hydrogen-bond donors (Lipinski definition) is 2. The fourth-order valence-corrected chi connectivity index (χ4v) is 2.97. The summed E-state index contributed by atoms with van der Waals surface area (Å²) in [7, 11) is -3.77. The molecule has 0 aliphatic rings. The van der Waals surface area contributed by atoms with Gasteiger partial charge in [0.2, 0.25) is 15.9 Å². The molecule has 0 saturated heterocycles. The van der Waals surface area contributed by atoms with E-state index in [0.29, 0.717) is 23.1 Å². The Balaban J connectivity index is 1.91. The summed E-state index contributed by atoms with van der Waals surface area (Å²) in [5.74, 6) is 0.218. The van der Waals surface area contributed by atoms with E-state index in [1.807, 2.05) is 6.92 Å². The molecule has 0 spiro atoms. The van der Waals surface area contributed by atoms with Crippen LogP contribution in [-0.2, 0) is 14.8 Å². The highest BCUT2D eigenvalue weighted by Crippen LogP contribution is 2.16. The van der Waals surface area contributed by atoms with Crippen molar-refractivity contribution < 1.29 is 17.9 Å². The summed E-state index contributed by atoms with van der Waals surface area (Å²) in [6, 6.07) is 12.5. The van der Waals surface area contributed by atoms with Crippen LogP contribution in [0.2, 0.25) is 5.02 Å². The molecule has 8 heteroatoms. The van der Waals surface area contributed by atoms with Gasteiger partial charge in [-0.3, -0.25) is 4.79 Å². The van der Waals surface area contributed by atoms with E-state index in [1.165, 1.54) is 24.3 Å². The maximum absolute atomic E-state index is 12.1. The van der Waals surface area contributed by atoms with Crippen LogP contribution in [0.1, 0.15) is 6.92 Å². The summed E-state index contributed by atoms with van der Waals surface area (Å²) >= 11 is 5.72. The van der Waals surface area contributed by atoms with Gasteiger partial charge >= 0.3 is 0 Å². The Morgan fingerprint density at radius 1 is 1.08 bits per heavy atom. The van der Waals surface area contributed by atoms with E-state index in [-0.39, 0.29) is 11.4 Å². The smallest absolute Gasteiger partial charge is 0.241 e. The summed E-state index contributed by atoms with van der Waals surface area (Å²) in [4.78, 5) is 11.9. The lowest BCUT2D eigenvalue weighted by molar-refractivity contribution is -0.115. The highest BCUT2D eigenvalue weighted by atomic mass is 35.5. The lowest BCUT2D eigenvalue weighted by Gasteiger charge is -2.09. The Labute approximate surface area is 145 Å². The lowest BCUT2D eigenvalue weighted by Crippen LogP contribution is -2.32. The molecule has 0 atom stereocenters. The molecule has 128 valence electrons. The number of amides is 1. The van der Waals surface area contributed by atoms with Gasteiger partial charge in [0, 0.05) is 10.7 Å². The van der Waals surface area contributed by atoms with Gasteiger partial charge in [0.05, 0.1) is 18.0 Å². The third-order valence-corrected chi connectivity index (χ3v) is 4.66. The quantitative estimate of drug-likeness (QED) is 0.786. The largest absolute Gasteiger partial charge is 0.494 e. The van der Waals surface area contributed by atoms with Crippen molar-refractivity contribution >= 4 is 33.2 Å². The summed E-state index contributed by atoms with van der Waals surface area (Å²) < 4.78 is 31.7. The highest BCUT2D eigenvalue weighted by Gasteiger charge is 2.15. The fraction of sp³-hybridized carbons (Fsp3) is 0.188. The summed E-state index contributed by atoms with van der Waals surface area (Å²) in [6.45, 7) is 2.05. The fourth-order valence-electron chi connectivity index (χ4n) is 1.86. The van der Waals surface area contributed by atoms with Crippen molar-refractivity contribution in [1.29, 1.82) is 0 Å². The zero-order valence-corrected chi connectivity index (χ0v) is 14.5.